The van der Waals surface area contributed by atoms with Gasteiger partial charge in [0.05, 0.1) is 11.1 Å². The fourth-order valence-corrected chi connectivity index (χ4v) is 2.13. The van der Waals surface area contributed by atoms with Crippen LogP contribution < -0.4 is 5.73 Å². The zero-order valence-corrected chi connectivity index (χ0v) is 10.2. The van der Waals surface area contributed by atoms with Crippen LogP contribution in [0.15, 0.2) is 24.5 Å². The third-order valence-corrected chi connectivity index (χ3v) is 2.94. The van der Waals surface area contributed by atoms with Crippen LogP contribution >= 0.6 is 0 Å². The lowest BCUT2D eigenvalue weighted by atomic mass is 10.1. The van der Waals surface area contributed by atoms with E-state index in [9.17, 15) is 0 Å². The summed E-state index contributed by atoms with van der Waals surface area (Å²) in [7, 11) is 0. The third kappa shape index (κ3) is 1.52. The molecule has 0 spiro atoms. The molecular weight excluding hydrogens is 226 g/mol. The van der Waals surface area contributed by atoms with Crippen molar-refractivity contribution in [1.29, 1.82) is 0 Å². The van der Waals surface area contributed by atoms with Crippen molar-refractivity contribution >= 4 is 16.9 Å². The molecule has 3 aromatic heterocycles. The number of H-pyrrole nitrogens is 1. The lowest BCUT2D eigenvalue weighted by Gasteiger charge is -2.04. The number of aromatic nitrogens is 4. The Bertz CT molecular complexity index is 729. The highest BCUT2D eigenvalue weighted by molar-refractivity contribution is 5.99. The molecule has 3 heterocycles. The summed E-state index contributed by atoms with van der Waals surface area (Å²) in [5.74, 6) is 1.14. The normalized spacial score (nSPS) is 11.0. The van der Waals surface area contributed by atoms with Crippen LogP contribution in [0.25, 0.3) is 22.3 Å². The van der Waals surface area contributed by atoms with E-state index in [-0.39, 0.29) is 0 Å². The number of anilines is 1. The fraction of sp³-hybridized carbons (Fsp3) is 0.154. The molecule has 0 fully saturated rings. The average Bonchev–Trinajstić information content (AvgIpc) is 2.73. The molecule has 90 valence electrons. The molecule has 3 aromatic rings. The van der Waals surface area contributed by atoms with Crippen molar-refractivity contribution in [2.75, 3.05) is 5.73 Å². The monoisotopic (exact) mass is 239 g/mol. The van der Waals surface area contributed by atoms with Gasteiger partial charge in [0.25, 0.3) is 0 Å². The molecule has 0 aromatic carbocycles. The summed E-state index contributed by atoms with van der Waals surface area (Å²) in [6.45, 7) is 3.84. The van der Waals surface area contributed by atoms with Gasteiger partial charge in [-0.25, -0.2) is 9.97 Å². The van der Waals surface area contributed by atoms with Gasteiger partial charge >= 0.3 is 0 Å². The average molecular weight is 239 g/mol. The molecule has 0 saturated carbocycles. The Morgan fingerprint density at radius 1 is 1.22 bits per heavy atom. The van der Waals surface area contributed by atoms with E-state index in [1.807, 2.05) is 32.2 Å². The van der Waals surface area contributed by atoms with Gasteiger partial charge in [0.2, 0.25) is 0 Å². The number of nitrogens with zero attached hydrogens (tertiary/aromatic N) is 3. The summed E-state index contributed by atoms with van der Waals surface area (Å²) >= 11 is 0. The summed E-state index contributed by atoms with van der Waals surface area (Å²) in [6, 6.07) is 3.93. The van der Waals surface area contributed by atoms with Crippen LogP contribution in [0.4, 0.5) is 5.82 Å². The molecule has 18 heavy (non-hydrogen) atoms. The number of hydrogen-bond acceptors (Lipinski definition) is 4. The minimum Gasteiger partial charge on any atom is -0.383 e. The first-order valence-corrected chi connectivity index (χ1v) is 5.70. The van der Waals surface area contributed by atoms with E-state index in [1.54, 1.807) is 6.20 Å². The van der Waals surface area contributed by atoms with E-state index in [4.69, 9.17) is 5.73 Å². The maximum atomic E-state index is 5.99. The number of fused-ring (bicyclic) bond motifs is 1. The molecule has 0 aliphatic rings. The lowest BCUT2D eigenvalue weighted by molar-refractivity contribution is 1.09. The lowest BCUT2D eigenvalue weighted by Crippen LogP contribution is -1.97. The zero-order chi connectivity index (χ0) is 12.7. The van der Waals surface area contributed by atoms with Gasteiger partial charge in [-0.2, -0.15) is 0 Å². The molecule has 3 rings (SSSR count). The quantitative estimate of drug-likeness (QED) is 0.682. The number of aromatic amines is 1. The minimum absolute atomic E-state index is 0.485. The van der Waals surface area contributed by atoms with Crippen molar-refractivity contribution in [1.82, 2.24) is 19.9 Å². The van der Waals surface area contributed by atoms with Crippen molar-refractivity contribution in [2.24, 2.45) is 0 Å². The number of nitrogens with two attached hydrogens (primary N) is 1. The first kappa shape index (κ1) is 10.7. The van der Waals surface area contributed by atoms with Gasteiger partial charge in [0.1, 0.15) is 17.3 Å². The molecular formula is C13H13N5. The molecule has 5 nitrogen and oxygen atoms in total. The van der Waals surface area contributed by atoms with E-state index in [0.717, 1.165) is 27.9 Å². The first-order valence-electron chi connectivity index (χ1n) is 5.70. The minimum atomic E-state index is 0.485. The molecule has 0 aliphatic heterocycles. The molecule has 0 amide bonds. The maximum absolute atomic E-state index is 5.99. The number of nitrogens with one attached hydrogen (secondary N) is 1. The highest BCUT2D eigenvalue weighted by Crippen LogP contribution is 2.31. The van der Waals surface area contributed by atoms with E-state index in [2.05, 4.69) is 19.9 Å². The van der Waals surface area contributed by atoms with Gasteiger partial charge in [-0.05, 0) is 25.5 Å². The van der Waals surface area contributed by atoms with Gasteiger partial charge in [0, 0.05) is 18.0 Å². The number of pyridine rings is 1. The smallest absolute Gasteiger partial charge is 0.143 e. The second-order valence-corrected chi connectivity index (χ2v) is 4.25. The Morgan fingerprint density at radius 2 is 2.06 bits per heavy atom. The van der Waals surface area contributed by atoms with Gasteiger partial charge in [-0.3, -0.25) is 4.98 Å². The van der Waals surface area contributed by atoms with Crippen LogP contribution in [0, 0.1) is 13.8 Å². The Balaban J connectivity index is 2.35. The van der Waals surface area contributed by atoms with Gasteiger partial charge in [0.15, 0.2) is 0 Å². The summed E-state index contributed by atoms with van der Waals surface area (Å²) in [5, 5.41) is 0.836. The molecule has 0 bridgehead atoms. The predicted molar refractivity (Wildman–Crippen MR) is 71.0 cm³/mol. The van der Waals surface area contributed by atoms with Crippen LogP contribution in [-0.2, 0) is 0 Å². The Morgan fingerprint density at radius 3 is 2.83 bits per heavy atom. The number of hydrogen-bond donors (Lipinski definition) is 2. The molecule has 0 atom stereocenters. The van der Waals surface area contributed by atoms with Crippen LogP contribution in [0.2, 0.25) is 0 Å². The SMILES string of the molecule is Cc1nc(N)c2c(-c3ncccc3C)c[nH]c2n1. The van der Waals surface area contributed by atoms with Crippen molar-refractivity contribution in [3.05, 3.63) is 35.9 Å². The number of rotatable bonds is 1. The molecule has 3 N–H and O–H groups in total. The van der Waals surface area contributed by atoms with E-state index in [1.165, 1.54) is 0 Å². The predicted octanol–water partition coefficient (Wildman–Crippen LogP) is 2.22. The van der Waals surface area contributed by atoms with Gasteiger partial charge in [-0.1, -0.05) is 6.07 Å². The van der Waals surface area contributed by atoms with Crippen molar-refractivity contribution in [3.8, 4) is 11.3 Å². The summed E-state index contributed by atoms with van der Waals surface area (Å²) in [6.07, 6.45) is 3.65. The fourth-order valence-electron chi connectivity index (χ4n) is 2.13. The largest absolute Gasteiger partial charge is 0.383 e. The number of aryl methyl sites for hydroxylation is 2. The second-order valence-electron chi connectivity index (χ2n) is 4.25. The van der Waals surface area contributed by atoms with Crippen LogP contribution in [0.3, 0.4) is 0 Å². The van der Waals surface area contributed by atoms with E-state index < -0.39 is 0 Å². The Hall–Kier alpha value is -2.43. The van der Waals surface area contributed by atoms with Crippen molar-refractivity contribution in [2.45, 2.75) is 13.8 Å². The molecule has 5 heteroatoms. The molecule has 0 aliphatic carbocycles. The van der Waals surface area contributed by atoms with Gasteiger partial charge in [-0.15, -0.1) is 0 Å². The van der Waals surface area contributed by atoms with Crippen molar-refractivity contribution < 1.29 is 0 Å². The molecule has 0 unspecified atom stereocenters. The first-order chi connectivity index (χ1) is 8.66. The third-order valence-electron chi connectivity index (χ3n) is 2.94. The summed E-state index contributed by atoms with van der Waals surface area (Å²) < 4.78 is 0. The highest BCUT2D eigenvalue weighted by Gasteiger charge is 2.14. The summed E-state index contributed by atoms with van der Waals surface area (Å²) in [4.78, 5) is 16.1. The molecule has 0 saturated heterocycles. The van der Waals surface area contributed by atoms with E-state index in [0.29, 0.717) is 11.6 Å². The van der Waals surface area contributed by atoms with Gasteiger partial charge < -0.3 is 10.7 Å². The zero-order valence-electron chi connectivity index (χ0n) is 10.2. The maximum Gasteiger partial charge on any atom is 0.143 e. The van der Waals surface area contributed by atoms with Crippen molar-refractivity contribution in [3.63, 3.8) is 0 Å². The summed E-state index contributed by atoms with van der Waals surface area (Å²) in [5.41, 5.74) is 9.69. The highest BCUT2D eigenvalue weighted by atomic mass is 15.0. The number of nitrogen functional groups attached to an aromatic ring is 1. The van der Waals surface area contributed by atoms with Crippen LogP contribution in [0.5, 0.6) is 0 Å². The Kier molecular flexibility index (Phi) is 2.26. The van der Waals surface area contributed by atoms with Crippen LogP contribution in [-0.4, -0.2) is 19.9 Å². The van der Waals surface area contributed by atoms with Crippen LogP contribution in [0.1, 0.15) is 11.4 Å². The van der Waals surface area contributed by atoms with E-state index >= 15 is 0 Å². The Labute approximate surface area is 104 Å². The standard InChI is InChI=1S/C13H13N5/c1-7-4-3-5-15-11(7)9-6-16-13-10(9)12(14)17-8(2)18-13/h3-6H,1-2H3,(H3,14,16,17,18). The molecule has 0 radical (unpaired) electrons. The topological polar surface area (TPSA) is 80.5 Å². The second kappa shape index (κ2) is 3.80.